The maximum Gasteiger partial charge on any atom is 0.317 e. The zero-order valence-corrected chi connectivity index (χ0v) is 19.7. The zero-order chi connectivity index (χ0) is 23.4. The van der Waals surface area contributed by atoms with Gasteiger partial charge in [-0.3, -0.25) is 4.79 Å². The van der Waals surface area contributed by atoms with Crippen LogP contribution in [0.2, 0.25) is 0 Å². The Morgan fingerprint density at radius 1 is 0.909 bits per heavy atom. The third kappa shape index (κ3) is 5.36. The number of nitrogens with zero attached hydrogens (tertiary/aromatic N) is 3. The fourth-order valence-corrected chi connectivity index (χ4v) is 5.67. The molecule has 2 saturated heterocycles. The highest BCUT2D eigenvalue weighted by molar-refractivity contribution is 7.89. The van der Waals surface area contributed by atoms with Crippen molar-refractivity contribution in [1.29, 1.82) is 0 Å². The lowest BCUT2D eigenvalue weighted by atomic mass is 10.2. The zero-order valence-electron chi connectivity index (χ0n) is 18.9. The average Bonchev–Trinajstić information content (AvgIpc) is 3.08. The lowest BCUT2D eigenvalue weighted by Crippen LogP contribution is -2.42. The molecule has 2 aromatic carbocycles. The van der Waals surface area contributed by atoms with E-state index in [0.29, 0.717) is 39.0 Å². The molecule has 2 fully saturated rings. The maximum absolute atomic E-state index is 13.0. The molecule has 9 heteroatoms. The minimum absolute atomic E-state index is 0.149. The molecule has 0 spiro atoms. The first-order chi connectivity index (χ1) is 15.8. The van der Waals surface area contributed by atoms with Crippen LogP contribution in [0.25, 0.3) is 0 Å². The van der Waals surface area contributed by atoms with Gasteiger partial charge in [0.2, 0.25) is 15.9 Å². The molecule has 8 nitrogen and oxygen atoms in total. The summed E-state index contributed by atoms with van der Waals surface area (Å²) in [4.78, 5) is 28.3. The van der Waals surface area contributed by atoms with Crippen LogP contribution in [0.3, 0.4) is 0 Å². The van der Waals surface area contributed by atoms with Gasteiger partial charge >= 0.3 is 6.03 Å². The molecule has 2 heterocycles. The van der Waals surface area contributed by atoms with Crippen LogP contribution in [0, 0.1) is 6.92 Å². The van der Waals surface area contributed by atoms with Gasteiger partial charge < -0.3 is 15.1 Å². The molecule has 0 aromatic heterocycles. The molecule has 4 rings (SSSR count). The summed E-state index contributed by atoms with van der Waals surface area (Å²) in [5.41, 5.74) is 2.83. The Kier molecular flexibility index (Phi) is 6.99. The van der Waals surface area contributed by atoms with Crippen molar-refractivity contribution in [2.45, 2.75) is 37.6 Å². The first kappa shape index (κ1) is 23.3. The number of sulfonamides is 1. The van der Waals surface area contributed by atoms with E-state index in [2.05, 4.69) is 5.32 Å². The van der Waals surface area contributed by atoms with E-state index in [4.69, 9.17) is 0 Å². The van der Waals surface area contributed by atoms with Gasteiger partial charge in [-0.25, -0.2) is 13.2 Å². The van der Waals surface area contributed by atoms with Crippen molar-refractivity contribution >= 4 is 27.6 Å². The summed E-state index contributed by atoms with van der Waals surface area (Å²) >= 11 is 0. The number of amides is 3. The first-order valence-corrected chi connectivity index (χ1v) is 12.8. The fraction of sp³-hybridized carbons (Fsp3) is 0.417. The minimum atomic E-state index is -3.57. The van der Waals surface area contributed by atoms with Crippen LogP contribution < -0.4 is 10.2 Å². The van der Waals surface area contributed by atoms with E-state index < -0.39 is 10.0 Å². The molecule has 33 heavy (non-hydrogen) atoms. The Hall–Kier alpha value is -2.91. The van der Waals surface area contributed by atoms with Gasteiger partial charge in [0.1, 0.15) is 0 Å². The summed E-state index contributed by atoms with van der Waals surface area (Å²) in [5.74, 6) is 0.149. The quantitative estimate of drug-likeness (QED) is 0.728. The largest absolute Gasteiger partial charge is 0.334 e. The van der Waals surface area contributed by atoms with Crippen molar-refractivity contribution in [2.24, 2.45) is 0 Å². The maximum atomic E-state index is 13.0. The standard InChI is InChI=1S/C24H30N4O4S/c1-19-5-11-22(12-6-19)33(31,32)27-14-3-13-26(16-17-27)24(30)25-18-20-7-9-21(10-8-20)28-15-2-4-23(28)29/h5-12H,2-4,13-18H2,1H3,(H,25,30). The molecular formula is C24H30N4O4S. The third-order valence-electron chi connectivity index (χ3n) is 6.17. The molecule has 0 aliphatic carbocycles. The molecule has 1 N–H and O–H groups in total. The summed E-state index contributed by atoms with van der Waals surface area (Å²) < 4.78 is 27.4. The molecule has 0 saturated carbocycles. The highest BCUT2D eigenvalue weighted by atomic mass is 32.2. The Bertz CT molecular complexity index is 1100. The average molecular weight is 471 g/mol. The van der Waals surface area contributed by atoms with Gasteiger partial charge in [0.05, 0.1) is 4.90 Å². The molecule has 0 unspecified atom stereocenters. The molecule has 2 aromatic rings. The Morgan fingerprint density at radius 2 is 1.64 bits per heavy atom. The summed E-state index contributed by atoms with van der Waals surface area (Å²) in [6, 6.07) is 14.3. The third-order valence-corrected chi connectivity index (χ3v) is 8.08. The van der Waals surface area contributed by atoms with Gasteiger partial charge in [0.25, 0.3) is 0 Å². The SMILES string of the molecule is Cc1ccc(S(=O)(=O)N2CCCN(C(=O)NCc3ccc(N4CCCC4=O)cc3)CC2)cc1. The van der Waals surface area contributed by atoms with E-state index in [0.717, 1.165) is 29.8 Å². The number of benzene rings is 2. The van der Waals surface area contributed by atoms with Crippen LogP contribution in [0.4, 0.5) is 10.5 Å². The van der Waals surface area contributed by atoms with E-state index in [1.165, 1.54) is 4.31 Å². The topological polar surface area (TPSA) is 90.0 Å². The van der Waals surface area contributed by atoms with E-state index >= 15 is 0 Å². The van der Waals surface area contributed by atoms with Gasteiger partial charge in [-0.1, -0.05) is 29.8 Å². The van der Waals surface area contributed by atoms with E-state index in [-0.39, 0.29) is 23.4 Å². The van der Waals surface area contributed by atoms with Crippen LogP contribution in [0.15, 0.2) is 53.4 Å². The molecule has 3 amide bonds. The number of anilines is 1. The second-order valence-corrected chi connectivity index (χ2v) is 10.5. The summed E-state index contributed by atoms with van der Waals surface area (Å²) in [6.45, 7) is 4.53. The lowest BCUT2D eigenvalue weighted by molar-refractivity contribution is -0.117. The normalized spacial score (nSPS) is 17.8. The molecular weight excluding hydrogens is 440 g/mol. The van der Waals surface area contributed by atoms with Crippen LogP contribution in [0.1, 0.15) is 30.4 Å². The van der Waals surface area contributed by atoms with E-state index in [9.17, 15) is 18.0 Å². The number of nitrogens with one attached hydrogen (secondary N) is 1. The van der Waals surface area contributed by atoms with Crippen LogP contribution in [-0.4, -0.2) is 62.3 Å². The highest BCUT2D eigenvalue weighted by Crippen LogP contribution is 2.22. The second-order valence-electron chi connectivity index (χ2n) is 8.53. The number of urea groups is 1. The van der Waals surface area contributed by atoms with Crippen molar-refractivity contribution in [3.05, 3.63) is 59.7 Å². The number of hydrogen-bond donors (Lipinski definition) is 1. The predicted molar refractivity (Wildman–Crippen MR) is 126 cm³/mol. The van der Waals surface area contributed by atoms with Crippen molar-refractivity contribution in [3.63, 3.8) is 0 Å². The van der Waals surface area contributed by atoms with Crippen LogP contribution in [0.5, 0.6) is 0 Å². The van der Waals surface area contributed by atoms with Crippen molar-refractivity contribution in [3.8, 4) is 0 Å². The molecule has 0 radical (unpaired) electrons. The monoisotopic (exact) mass is 470 g/mol. The number of carbonyl (C=O) groups excluding carboxylic acids is 2. The highest BCUT2D eigenvalue weighted by Gasteiger charge is 2.28. The van der Waals surface area contributed by atoms with Gasteiger partial charge in [0.15, 0.2) is 0 Å². The molecule has 0 atom stereocenters. The number of aryl methyl sites for hydroxylation is 1. The predicted octanol–water partition coefficient (Wildman–Crippen LogP) is 2.73. The molecule has 2 aliphatic rings. The van der Waals surface area contributed by atoms with Crippen LogP contribution in [-0.2, 0) is 21.4 Å². The van der Waals surface area contributed by atoms with Crippen molar-refractivity contribution < 1.29 is 18.0 Å². The van der Waals surface area contributed by atoms with Gasteiger partial charge in [-0.15, -0.1) is 0 Å². The van der Waals surface area contributed by atoms with Crippen LogP contribution >= 0.6 is 0 Å². The first-order valence-electron chi connectivity index (χ1n) is 11.3. The number of carbonyl (C=O) groups is 2. The molecule has 0 bridgehead atoms. The second kappa shape index (κ2) is 9.93. The Balaban J connectivity index is 1.30. The van der Waals surface area contributed by atoms with E-state index in [1.54, 1.807) is 34.1 Å². The van der Waals surface area contributed by atoms with Crippen molar-refractivity contribution in [2.75, 3.05) is 37.6 Å². The Labute approximate surface area is 195 Å². The summed E-state index contributed by atoms with van der Waals surface area (Å²) in [6.07, 6.45) is 2.06. The van der Waals surface area contributed by atoms with E-state index in [1.807, 2.05) is 31.2 Å². The van der Waals surface area contributed by atoms with Gasteiger partial charge in [-0.05, 0) is 49.6 Å². The molecule has 2 aliphatic heterocycles. The summed E-state index contributed by atoms with van der Waals surface area (Å²) in [7, 11) is -3.57. The van der Waals surface area contributed by atoms with Crippen molar-refractivity contribution in [1.82, 2.24) is 14.5 Å². The smallest absolute Gasteiger partial charge is 0.317 e. The Morgan fingerprint density at radius 3 is 2.30 bits per heavy atom. The summed E-state index contributed by atoms with van der Waals surface area (Å²) in [5, 5.41) is 2.92. The fourth-order valence-electron chi connectivity index (χ4n) is 4.20. The molecule has 176 valence electrons. The lowest BCUT2D eigenvalue weighted by Gasteiger charge is -2.22. The number of rotatable bonds is 5. The van der Waals surface area contributed by atoms with Gasteiger partial charge in [-0.2, -0.15) is 4.31 Å². The number of hydrogen-bond acceptors (Lipinski definition) is 4. The van der Waals surface area contributed by atoms with Gasteiger partial charge in [0, 0.05) is 51.4 Å². The minimum Gasteiger partial charge on any atom is -0.334 e.